The molecule has 1 rings (SSSR count). The van der Waals surface area contributed by atoms with Crippen LogP contribution in [0.1, 0.15) is 22.8 Å². The van der Waals surface area contributed by atoms with Crippen LogP contribution in [0.2, 0.25) is 0 Å². The van der Waals surface area contributed by atoms with Gasteiger partial charge in [0.2, 0.25) is 0 Å². The minimum atomic E-state index is 0.000324. The lowest BCUT2D eigenvalue weighted by atomic mass is 10.1. The number of thioether (sulfide) groups is 1. The summed E-state index contributed by atoms with van der Waals surface area (Å²) in [7, 11) is 0. The number of nitrogens with one attached hydrogen (secondary N) is 1. The maximum Gasteiger partial charge on any atom is 0.251 e. The molecule has 0 fully saturated rings. The second-order valence-electron chi connectivity index (χ2n) is 3.79. The first-order chi connectivity index (χ1) is 7.54. The third kappa shape index (κ3) is 3.83. The van der Waals surface area contributed by atoms with Gasteiger partial charge >= 0.3 is 0 Å². The first-order valence-corrected chi connectivity index (χ1v) is 7.29. The minimum Gasteiger partial charge on any atom is -0.349 e. The summed E-state index contributed by atoms with van der Waals surface area (Å²) < 4.78 is 0.931. The van der Waals surface area contributed by atoms with Crippen LogP contribution in [0.25, 0.3) is 0 Å². The molecule has 2 nitrogen and oxygen atoms in total. The van der Waals surface area contributed by atoms with Crippen LogP contribution in [0.3, 0.4) is 0 Å². The number of rotatable bonds is 4. The number of hydrogen-bond donors (Lipinski definition) is 1. The van der Waals surface area contributed by atoms with Crippen molar-refractivity contribution in [2.24, 2.45) is 0 Å². The highest BCUT2D eigenvalue weighted by atomic mass is 79.9. The van der Waals surface area contributed by atoms with Crippen LogP contribution in [-0.4, -0.2) is 24.0 Å². The molecule has 0 spiro atoms. The first-order valence-electron chi connectivity index (χ1n) is 5.10. The molecule has 1 aromatic carbocycles. The molecule has 1 amide bonds. The molecule has 16 heavy (non-hydrogen) atoms. The predicted octanol–water partition coefficient (Wildman–Crippen LogP) is 3.24. The van der Waals surface area contributed by atoms with Crippen LogP contribution >= 0.6 is 27.7 Å². The number of aryl methyl sites for hydroxylation is 1. The number of carbonyl (C=O) groups excluding carboxylic acids is 1. The fraction of sp³-hybridized carbons (Fsp3) is 0.417. The van der Waals surface area contributed by atoms with E-state index in [-0.39, 0.29) is 11.9 Å². The van der Waals surface area contributed by atoms with E-state index in [0.29, 0.717) is 0 Å². The summed E-state index contributed by atoms with van der Waals surface area (Å²) in [6.45, 7) is 3.96. The highest BCUT2D eigenvalue weighted by molar-refractivity contribution is 9.10. The molecule has 0 aromatic heterocycles. The van der Waals surface area contributed by atoms with Crippen LogP contribution < -0.4 is 5.32 Å². The number of benzene rings is 1. The van der Waals surface area contributed by atoms with E-state index in [2.05, 4.69) is 21.2 Å². The maximum atomic E-state index is 12.0. The Hall–Kier alpha value is -0.480. The summed E-state index contributed by atoms with van der Waals surface area (Å²) in [6.07, 6.45) is 2.03. The molecule has 1 N–H and O–H groups in total. The molecular weight excluding hydrogens is 286 g/mol. The first kappa shape index (κ1) is 13.6. The molecule has 1 aromatic rings. The van der Waals surface area contributed by atoms with E-state index in [4.69, 9.17) is 0 Å². The SMILES string of the molecule is CSCC(C)NC(=O)c1cc(Br)ccc1C. The van der Waals surface area contributed by atoms with E-state index in [1.807, 2.05) is 38.3 Å². The van der Waals surface area contributed by atoms with E-state index < -0.39 is 0 Å². The highest BCUT2D eigenvalue weighted by Crippen LogP contribution is 2.16. The monoisotopic (exact) mass is 301 g/mol. The predicted molar refractivity (Wildman–Crippen MR) is 74.2 cm³/mol. The Bertz CT molecular complexity index is 381. The Kier molecular flexibility index (Phi) is 5.35. The lowest BCUT2D eigenvalue weighted by Crippen LogP contribution is -2.34. The Morgan fingerprint density at radius 3 is 2.88 bits per heavy atom. The van der Waals surface area contributed by atoms with Gasteiger partial charge in [-0.1, -0.05) is 22.0 Å². The summed E-state index contributed by atoms with van der Waals surface area (Å²) in [5.74, 6) is 0.930. The lowest BCUT2D eigenvalue weighted by molar-refractivity contribution is 0.0943. The normalized spacial score (nSPS) is 12.2. The topological polar surface area (TPSA) is 29.1 Å². The second-order valence-corrected chi connectivity index (χ2v) is 5.62. The molecule has 4 heteroatoms. The molecule has 0 saturated carbocycles. The largest absolute Gasteiger partial charge is 0.349 e. The number of hydrogen-bond acceptors (Lipinski definition) is 2. The van der Waals surface area contributed by atoms with Crippen molar-refractivity contribution < 1.29 is 4.79 Å². The van der Waals surface area contributed by atoms with Crippen molar-refractivity contribution in [1.29, 1.82) is 0 Å². The van der Waals surface area contributed by atoms with Crippen molar-refractivity contribution in [2.75, 3.05) is 12.0 Å². The molecule has 1 atom stereocenters. The third-order valence-electron chi connectivity index (χ3n) is 2.24. The van der Waals surface area contributed by atoms with E-state index in [0.717, 1.165) is 21.4 Å². The van der Waals surface area contributed by atoms with Gasteiger partial charge in [-0.25, -0.2) is 0 Å². The van der Waals surface area contributed by atoms with E-state index in [1.54, 1.807) is 11.8 Å². The van der Waals surface area contributed by atoms with Crippen LogP contribution in [0, 0.1) is 6.92 Å². The summed E-state index contributed by atoms with van der Waals surface area (Å²) in [4.78, 5) is 12.0. The van der Waals surface area contributed by atoms with Crippen molar-refractivity contribution in [2.45, 2.75) is 19.9 Å². The van der Waals surface area contributed by atoms with Crippen molar-refractivity contribution in [3.05, 3.63) is 33.8 Å². The molecule has 0 radical (unpaired) electrons. The quantitative estimate of drug-likeness (QED) is 0.925. The van der Waals surface area contributed by atoms with Gasteiger partial charge in [-0.15, -0.1) is 0 Å². The molecule has 0 aliphatic carbocycles. The van der Waals surface area contributed by atoms with E-state index in [1.165, 1.54) is 0 Å². The van der Waals surface area contributed by atoms with Crippen molar-refractivity contribution in [3.8, 4) is 0 Å². The van der Waals surface area contributed by atoms with Crippen molar-refractivity contribution in [1.82, 2.24) is 5.32 Å². The summed E-state index contributed by atoms with van der Waals surface area (Å²) in [5.41, 5.74) is 1.74. The van der Waals surface area contributed by atoms with Gasteiger partial charge < -0.3 is 5.32 Å². The number of amides is 1. The van der Waals surface area contributed by atoms with Crippen molar-refractivity contribution in [3.63, 3.8) is 0 Å². The average molecular weight is 302 g/mol. The Morgan fingerprint density at radius 1 is 1.56 bits per heavy atom. The van der Waals surface area contributed by atoms with Gasteiger partial charge in [-0.3, -0.25) is 4.79 Å². The summed E-state index contributed by atoms with van der Waals surface area (Å²) >= 11 is 5.11. The standard InChI is InChI=1S/C12H16BrNOS/c1-8-4-5-10(13)6-11(8)12(15)14-9(2)7-16-3/h4-6,9H,7H2,1-3H3,(H,14,15). The van der Waals surface area contributed by atoms with E-state index >= 15 is 0 Å². The molecule has 0 saturated heterocycles. The lowest BCUT2D eigenvalue weighted by Gasteiger charge is -2.13. The fourth-order valence-corrected chi connectivity index (χ4v) is 2.38. The molecule has 88 valence electrons. The highest BCUT2D eigenvalue weighted by Gasteiger charge is 2.11. The maximum absolute atomic E-state index is 12.0. The Balaban J connectivity index is 2.76. The van der Waals surface area contributed by atoms with Crippen molar-refractivity contribution >= 4 is 33.6 Å². The average Bonchev–Trinajstić information content (AvgIpc) is 2.21. The fourth-order valence-electron chi connectivity index (χ4n) is 1.43. The van der Waals surface area contributed by atoms with Gasteiger partial charge in [0.15, 0.2) is 0 Å². The zero-order valence-electron chi connectivity index (χ0n) is 9.71. The molecule has 1 unspecified atom stereocenters. The van der Waals surface area contributed by atoms with Crippen LogP contribution in [0.15, 0.2) is 22.7 Å². The molecule has 0 aliphatic rings. The molecular formula is C12H16BrNOS. The zero-order valence-corrected chi connectivity index (χ0v) is 12.1. The third-order valence-corrected chi connectivity index (χ3v) is 3.56. The van der Waals surface area contributed by atoms with E-state index in [9.17, 15) is 4.79 Å². The van der Waals surface area contributed by atoms with Gasteiger partial charge in [0.25, 0.3) is 5.91 Å². The van der Waals surface area contributed by atoms with Gasteiger partial charge in [-0.2, -0.15) is 11.8 Å². The second kappa shape index (κ2) is 6.30. The Morgan fingerprint density at radius 2 is 2.25 bits per heavy atom. The number of halogens is 1. The molecule has 0 aliphatic heterocycles. The van der Waals surface area contributed by atoms with Gasteiger partial charge in [-0.05, 0) is 37.8 Å². The van der Waals surface area contributed by atoms with Crippen LogP contribution in [0.4, 0.5) is 0 Å². The summed E-state index contributed by atoms with van der Waals surface area (Å²) in [6, 6.07) is 5.94. The summed E-state index contributed by atoms with van der Waals surface area (Å²) in [5, 5.41) is 2.98. The molecule has 0 bridgehead atoms. The van der Waals surface area contributed by atoms with Gasteiger partial charge in [0.1, 0.15) is 0 Å². The Labute approximate surface area is 109 Å². The van der Waals surface area contributed by atoms with Crippen LogP contribution in [-0.2, 0) is 0 Å². The van der Waals surface area contributed by atoms with Crippen LogP contribution in [0.5, 0.6) is 0 Å². The van der Waals surface area contributed by atoms with Gasteiger partial charge in [0, 0.05) is 21.8 Å². The van der Waals surface area contributed by atoms with Gasteiger partial charge in [0.05, 0.1) is 0 Å². The number of carbonyl (C=O) groups is 1. The minimum absolute atomic E-state index is 0.000324. The molecule has 0 heterocycles. The zero-order chi connectivity index (χ0) is 12.1. The smallest absolute Gasteiger partial charge is 0.251 e.